The maximum absolute atomic E-state index is 13.3. The number of halogens is 3. The molecule has 0 spiro atoms. The molecule has 0 radical (unpaired) electrons. The lowest BCUT2D eigenvalue weighted by Gasteiger charge is -2.18. The van der Waals surface area contributed by atoms with Crippen molar-refractivity contribution < 1.29 is 4.39 Å². The Morgan fingerprint density at radius 2 is 2.21 bits per heavy atom. The van der Waals surface area contributed by atoms with E-state index in [0.29, 0.717) is 4.47 Å². The first-order valence-corrected chi connectivity index (χ1v) is 8.01. The van der Waals surface area contributed by atoms with E-state index in [0.717, 1.165) is 27.6 Å². The number of hydrogen-bond donors (Lipinski definition) is 1. The molecule has 1 unspecified atom stereocenters. The van der Waals surface area contributed by atoms with Gasteiger partial charge in [-0.2, -0.15) is 0 Å². The molecule has 1 heterocycles. The molecule has 1 atom stereocenters. The van der Waals surface area contributed by atoms with E-state index in [1.165, 1.54) is 6.07 Å². The van der Waals surface area contributed by atoms with Crippen LogP contribution in [0.3, 0.4) is 0 Å². The Kier molecular flexibility index (Phi) is 5.01. The second-order valence-corrected chi connectivity index (χ2v) is 6.40. The lowest BCUT2D eigenvalue weighted by atomic mass is 10.0. The van der Waals surface area contributed by atoms with Crippen LogP contribution < -0.4 is 5.32 Å². The van der Waals surface area contributed by atoms with Gasteiger partial charge in [0.15, 0.2) is 0 Å². The van der Waals surface area contributed by atoms with Crippen molar-refractivity contribution in [2.24, 2.45) is 0 Å². The van der Waals surface area contributed by atoms with Crippen LogP contribution >= 0.6 is 38.9 Å². The fourth-order valence-corrected chi connectivity index (χ4v) is 3.70. The van der Waals surface area contributed by atoms with Crippen molar-refractivity contribution in [1.29, 1.82) is 0 Å². The second-order valence-electron chi connectivity index (χ2n) is 4.26. The molecule has 1 aromatic heterocycles. The highest BCUT2D eigenvalue weighted by Gasteiger charge is 2.20. The van der Waals surface area contributed by atoms with Crippen molar-refractivity contribution in [2.45, 2.75) is 19.9 Å². The number of rotatable bonds is 4. The van der Waals surface area contributed by atoms with Crippen LogP contribution in [0.15, 0.2) is 28.1 Å². The van der Waals surface area contributed by atoms with E-state index in [-0.39, 0.29) is 11.9 Å². The quantitative estimate of drug-likeness (QED) is 0.777. The average molecular weight is 363 g/mol. The van der Waals surface area contributed by atoms with Gasteiger partial charge in [0.25, 0.3) is 0 Å². The lowest BCUT2D eigenvalue weighted by Crippen LogP contribution is -2.21. The Morgan fingerprint density at radius 1 is 1.47 bits per heavy atom. The topological polar surface area (TPSA) is 12.0 Å². The van der Waals surface area contributed by atoms with Gasteiger partial charge in [-0.1, -0.05) is 24.6 Å². The van der Waals surface area contributed by atoms with Crippen LogP contribution in [-0.2, 0) is 0 Å². The molecule has 19 heavy (non-hydrogen) atoms. The minimum absolute atomic E-state index is 0.00639. The van der Waals surface area contributed by atoms with Crippen LogP contribution in [0.5, 0.6) is 0 Å². The van der Waals surface area contributed by atoms with Gasteiger partial charge in [-0.3, -0.25) is 0 Å². The van der Waals surface area contributed by atoms with Crippen LogP contribution in [0.1, 0.15) is 29.0 Å². The van der Waals surface area contributed by atoms with Crippen molar-refractivity contribution in [3.8, 4) is 0 Å². The largest absolute Gasteiger partial charge is 0.306 e. The monoisotopic (exact) mass is 361 g/mol. The third kappa shape index (κ3) is 3.19. The van der Waals surface area contributed by atoms with Gasteiger partial charge < -0.3 is 5.32 Å². The Hall–Kier alpha value is -0.420. The lowest BCUT2D eigenvalue weighted by molar-refractivity contribution is 0.611. The molecule has 0 bridgehead atoms. The minimum Gasteiger partial charge on any atom is -0.306 e. The molecule has 5 heteroatoms. The molecule has 1 N–H and O–H groups in total. The zero-order valence-corrected chi connectivity index (χ0v) is 13.8. The standard InChI is InChI=1S/C14H14BrClFNS/c1-3-18-13(14-12(16)8(2)7-19-14)9-4-5-11(17)10(15)6-9/h4-7,13,18H,3H2,1-2H3. The van der Waals surface area contributed by atoms with E-state index in [4.69, 9.17) is 11.6 Å². The molecule has 0 saturated carbocycles. The van der Waals surface area contributed by atoms with E-state index in [1.807, 2.05) is 19.2 Å². The average Bonchev–Trinajstić information content (AvgIpc) is 2.71. The van der Waals surface area contributed by atoms with E-state index in [9.17, 15) is 4.39 Å². The number of aryl methyl sites for hydroxylation is 1. The van der Waals surface area contributed by atoms with Gasteiger partial charge in [-0.15, -0.1) is 11.3 Å². The first-order valence-electron chi connectivity index (χ1n) is 5.96. The normalized spacial score (nSPS) is 12.7. The van der Waals surface area contributed by atoms with E-state index < -0.39 is 0 Å². The highest BCUT2D eigenvalue weighted by molar-refractivity contribution is 9.10. The molecule has 0 aliphatic rings. The molecule has 1 nitrogen and oxygen atoms in total. The van der Waals surface area contributed by atoms with Crippen LogP contribution in [0.2, 0.25) is 5.02 Å². The van der Waals surface area contributed by atoms with Crippen LogP contribution in [0.25, 0.3) is 0 Å². The number of hydrogen-bond acceptors (Lipinski definition) is 2. The van der Waals surface area contributed by atoms with Gasteiger partial charge in [0.1, 0.15) is 5.82 Å². The number of benzene rings is 1. The van der Waals surface area contributed by atoms with Crippen molar-refractivity contribution in [3.63, 3.8) is 0 Å². The Bertz CT molecular complexity index is 585. The van der Waals surface area contributed by atoms with Crippen molar-refractivity contribution in [2.75, 3.05) is 6.54 Å². The number of thiophene rings is 1. The predicted octanol–water partition coefficient (Wildman–Crippen LogP) is 5.31. The predicted molar refractivity (Wildman–Crippen MR) is 83.7 cm³/mol. The molecule has 2 aromatic rings. The van der Waals surface area contributed by atoms with Gasteiger partial charge in [0.2, 0.25) is 0 Å². The molecule has 1 aromatic carbocycles. The van der Waals surface area contributed by atoms with Crippen molar-refractivity contribution in [3.05, 3.63) is 54.9 Å². The molecule has 2 rings (SSSR count). The zero-order chi connectivity index (χ0) is 14.0. The zero-order valence-electron chi connectivity index (χ0n) is 10.6. The molecule has 0 aliphatic heterocycles. The summed E-state index contributed by atoms with van der Waals surface area (Å²) < 4.78 is 13.8. The first-order chi connectivity index (χ1) is 9.04. The van der Waals surface area contributed by atoms with Gasteiger partial charge in [0.05, 0.1) is 15.5 Å². The fourth-order valence-electron chi connectivity index (χ4n) is 1.90. The maximum atomic E-state index is 13.3. The summed E-state index contributed by atoms with van der Waals surface area (Å²) in [5.41, 5.74) is 2.07. The summed E-state index contributed by atoms with van der Waals surface area (Å²) in [5.74, 6) is -0.257. The molecular formula is C14H14BrClFNS. The van der Waals surface area contributed by atoms with Gasteiger partial charge in [-0.25, -0.2) is 4.39 Å². The number of nitrogens with one attached hydrogen (secondary N) is 1. The van der Waals surface area contributed by atoms with Crippen LogP contribution in [0.4, 0.5) is 4.39 Å². The molecular weight excluding hydrogens is 349 g/mol. The summed E-state index contributed by atoms with van der Waals surface area (Å²) in [5, 5.41) is 6.23. The Morgan fingerprint density at radius 3 is 2.74 bits per heavy atom. The first kappa shape index (κ1) is 15.0. The van der Waals surface area contributed by atoms with Gasteiger partial charge in [0, 0.05) is 4.88 Å². The Labute approximate surface area is 129 Å². The van der Waals surface area contributed by atoms with E-state index in [1.54, 1.807) is 23.5 Å². The summed E-state index contributed by atoms with van der Waals surface area (Å²) in [4.78, 5) is 1.07. The molecule has 0 amide bonds. The van der Waals surface area contributed by atoms with E-state index in [2.05, 4.69) is 21.2 Å². The van der Waals surface area contributed by atoms with Crippen molar-refractivity contribution >= 4 is 38.9 Å². The molecule has 0 fully saturated rings. The van der Waals surface area contributed by atoms with Crippen molar-refractivity contribution in [1.82, 2.24) is 5.32 Å². The SMILES string of the molecule is CCNC(c1ccc(F)c(Br)c1)c1scc(C)c1Cl. The second kappa shape index (κ2) is 6.35. The Balaban J connectivity index is 2.45. The summed E-state index contributed by atoms with van der Waals surface area (Å²) in [6, 6.07) is 5.05. The van der Waals surface area contributed by atoms with E-state index >= 15 is 0 Å². The molecule has 0 saturated heterocycles. The smallest absolute Gasteiger partial charge is 0.137 e. The van der Waals surface area contributed by atoms with Gasteiger partial charge >= 0.3 is 0 Å². The fraction of sp³-hybridized carbons (Fsp3) is 0.286. The minimum atomic E-state index is -0.257. The highest BCUT2D eigenvalue weighted by Crippen LogP contribution is 2.36. The maximum Gasteiger partial charge on any atom is 0.137 e. The summed E-state index contributed by atoms with van der Waals surface area (Å²) in [6.45, 7) is 4.85. The highest BCUT2D eigenvalue weighted by atomic mass is 79.9. The molecule has 0 aliphatic carbocycles. The van der Waals surface area contributed by atoms with Crippen LogP contribution in [-0.4, -0.2) is 6.54 Å². The third-order valence-corrected chi connectivity index (χ3v) is 5.26. The van der Waals surface area contributed by atoms with Gasteiger partial charge in [-0.05, 0) is 58.0 Å². The summed E-state index contributed by atoms with van der Waals surface area (Å²) in [6.07, 6.45) is 0. The summed E-state index contributed by atoms with van der Waals surface area (Å²) >= 11 is 11.2. The summed E-state index contributed by atoms with van der Waals surface area (Å²) in [7, 11) is 0. The van der Waals surface area contributed by atoms with Crippen LogP contribution in [0, 0.1) is 12.7 Å². The molecule has 102 valence electrons. The third-order valence-electron chi connectivity index (χ3n) is 2.87.